The molecule has 3 heterocycles. The van der Waals surface area contributed by atoms with Gasteiger partial charge in [-0.15, -0.1) is 0 Å². The quantitative estimate of drug-likeness (QED) is 0.199. The molecule has 0 bridgehead atoms. The number of fused-ring (bicyclic) bond motifs is 1. The molecule has 0 amide bonds. The van der Waals surface area contributed by atoms with Crippen LogP contribution in [0.2, 0.25) is 0 Å². The predicted octanol–water partition coefficient (Wildman–Crippen LogP) is -0.338. The van der Waals surface area contributed by atoms with E-state index in [1.807, 2.05) is 0 Å². The van der Waals surface area contributed by atoms with Gasteiger partial charge in [-0.3, -0.25) is 4.79 Å². The molecule has 1 aromatic heterocycles. The van der Waals surface area contributed by atoms with E-state index in [1.165, 1.54) is 38.1 Å². The van der Waals surface area contributed by atoms with Crippen molar-refractivity contribution in [2.24, 2.45) is 0 Å². The Kier molecular flexibility index (Phi) is 7.27. The second-order valence-corrected chi connectivity index (χ2v) is 10.2. The van der Waals surface area contributed by atoms with E-state index in [0.717, 1.165) is 6.07 Å². The summed E-state index contributed by atoms with van der Waals surface area (Å²) in [6, 6.07) is 6.62. The number of aliphatic hydroxyl groups excluding tert-OH is 6. The molecule has 2 aliphatic heterocycles. The Labute approximate surface area is 226 Å². The van der Waals surface area contributed by atoms with Crippen molar-refractivity contribution < 1.29 is 59.8 Å². The third kappa shape index (κ3) is 4.40. The van der Waals surface area contributed by atoms with Gasteiger partial charge in [0.15, 0.2) is 11.0 Å². The zero-order chi connectivity index (χ0) is 29.2. The number of phenols is 3. The van der Waals surface area contributed by atoms with Gasteiger partial charge in [-0.1, -0.05) is 0 Å². The Morgan fingerprint density at radius 3 is 1.68 bits per heavy atom. The number of hydrogen-bond acceptors (Lipinski definition) is 13. The van der Waals surface area contributed by atoms with E-state index in [0.29, 0.717) is 5.56 Å². The van der Waals surface area contributed by atoms with E-state index >= 15 is 0 Å². The molecule has 9 N–H and O–H groups in total. The highest BCUT2D eigenvalue weighted by atomic mass is 16.5. The number of aliphatic hydroxyl groups is 6. The molecule has 2 fully saturated rings. The maximum absolute atomic E-state index is 13.4. The van der Waals surface area contributed by atoms with E-state index in [1.54, 1.807) is 0 Å². The molecule has 2 aromatic carbocycles. The molecule has 0 aliphatic carbocycles. The van der Waals surface area contributed by atoms with Crippen LogP contribution in [0.3, 0.4) is 0 Å². The Bertz CT molecular complexity index is 1470. The van der Waals surface area contributed by atoms with Crippen LogP contribution in [0.25, 0.3) is 22.3 Å². The van der Waals surface area contributed by atoms with Crippen molar-refractivity contribution in [1.82, 2.24) is 0 Å². The third-order valence-corrected chi connectivity index (χ3v) is 7.62. The fourth-order valence-corrected chi connectivity index (χ4v) is 5.29. The first kappa shape index (κ1) is 28.3. The molecule has 3 aromatic rings. The number of phenolic OH excluding ortho intramolecular Hbond substituents is 3. The summed E-state index contributed by atoms with van der Waals surface area (Å²) in [5.41, 5.74) is -1.89. The van der Waals surface area contributed by atoms with Gasteiger partial charge < -0.3 is 59.8 Å². The zero-order valence-electron chi connectivity index (χ0n) is 21.3. The highest BCUT2D eigenvalue weighted by molar-refractivity contribution is 5.92. The molecular formula is C27H30O13. The van der Waals surface area contributed by atoms with Gasteiger partial charge in [0.2, 0.25) is 0 Å². The molecule has 216 valence electrons. The maximum Gasteiger partial charge on any atom is 0.197 e. The van der Waals surface area contributed by atoms with Crippen molar-refractivity contribution in [1.29, 1.82) is 0 Å². The van der Waals surface area contributed by atoms with Crippen LogP contribution >= 0.6 is 0 Å². The molecule has 4 unspecified atom stereocenters. The lowest BCUT2D eigenvalue weighted by molar-refractivity contribution is -0.222. The summed E-state index contributed by atoms with van der Waals surface area (Å²) in [5.74, 6) is -1.82. The normalized spacial score (nSPS) is 34.7. The van der Waals surface area contributed by atoms with Gasteiger partial charge in [0.1, 0.15) is 77.2 Å². The Morgan fingerprint density at radius 1 is 0.650 bits per heavy atom. The van der Waals surface area contributed by atoms with Gasteiger partial charge in [-0.25, -0.2) is 0 Å². The second-order valence-electron chi connectivity index (χ2n) is 10.2. The van der Waals surface area contributed by atoms with Gasteiger partial charge in [0, 0.05) is 11.6 Å². The standard InChI is InChI=1S/C27H30O13/c1-8-17(30)21(34)23(36)26(38-8)15-19(32)14-12(29)7-13(10-3-5-11(28)6-4-10)40-25(14)16(20(15)33)27-24(37)22(35)18(31)9(2)39-27/h3-9,17-18,21-24,26-28,30-37H,1-2H3/t8-,9-,17-,18-,21?,22?,23?,24?,26-,27-/m0/s1. The predicted molar refractivity (Wildman–Crippen MR) is 136 cm³/mol. The minimum Gasteiger partial charge on any atom is -0.508 e. The van der Waals surface area contributed by atoms with Crippen LogP contribution in [0.4, 0.5) is 0 Å². The van der Waals surface area contributed by atoms with E-state index in [9.17, 15) is 50.8 Å². The summed E-state index contributed by atoms with van der Waals surface area (Å²) in [4.78, 5) is 13.4. The van der Waals surface area contributed by atoms with E-state index in [4.69, 9.17) is 13.9 Å². The summed E-state index contributed by atoms with van der Waals surface area (Å²) in [7, 11) is 0. The lowest BCUT2D eigenvalue weighted by atomic mass is 9.85. The molecule has 40 heavy (non-hydrogen) atoms. The number of hydrogen-bond donors (Lipinski definition) is 9. The maximum atomic E-state index is 13.4. The first-order valence-corrected chi connectivity index (χ1v) is 12.6. The minimum atomic E-state index is -1.87. The fourth-order valence-electron chi connectivity index (χ4n) is 5.29. The molecule has 2 saturated heterocycles. The summed E-state index contributed by atoms with van der Waals surface area (Å²) >= 11 is 0. The third-order valence-electron chi connectivity index (χ3n) is 7.62. The number of rotatable bonds is 3. The lowest BCUT2D eigenvalue weighted by Gasteiger charge is -2.41. The fraction of sp³-hybridized carbons (Fsp3) is 0.444. The van der Waals surface area contributed by atoms with E-state index in [2.05, 4.69) is 0 Å². The molecule has 2 aliphatic rings. The van der Waals surface area contributed by atoms with Crippen molar-refractivity contribution in [2.45, 2.75) is 74.9 Å². The van der Waals surface area contributed by atoms with Crippen molar-refractivity contribution in [3.63, 3.8) is 0 Å². The van der Waals surface area contributed by atoms with E-state index < -0.39 is 100 Å². The summed E-state index contributed by atoms with van der Waals surface area (Å²) in [6.07, 6.45) is -15.7. The number of benzene rings is 2. The Morgan fingerprint density at radius 2 is 1.15 bits per heavy atom. The highest BCUT2D eigenvalue weighted by Crippen LogP contribution is 2.50. The van der Waals surface area contributed by atoms with Gasteiger partial charge in [0.25, 0.3) is 0 Å². The molecule has 10 atom stereocenters. The number of aromatic hydroxyl groups is 3. The summed E-state index contributed by atoms with van der Waals surface area (Å²) in [6.45, 7) is 2.79. The topological polar surface area (TPSA) is 231 Å². The van der Waals surface area contributed by atoms with Crippen LogP contribution in [0, 0.1) is 0 Å². The van der Waals surface area contributed by atoms with E-state index in [-0.39, 0.29) is 11.5 Å². The van der Waals surface area contributed by atoms with Crippen LogP contribution < -0.4 is 5.43 Å². The molecule has 5 rings (SSSR count). The Balaban J connectivity index is 1.82. The van der Waals surface area contributed by atoms with Crippen LogP contribution in [0.5, 0.6) is 17.2 Å². The first-order valence-electron chi connectivity index (χ1n) is 12.6. The molecule has 13 nitrogen and oxygen atoms in total. The van der Waals surface area contributed by atoms with Crippen molar-refractivity contribution in [3.05, 3.63) is 51.7 Å². The molecule has 0 radical (unpaired) electrons. The van der Waals surface area contributed by atoms with Crippen molar-refractivity contribution in [2.75, 3.05) is 0 Å². The zero-order valence-corrected chi connectivity index (χ0v) is 21.3. The SMILES string of the molecule is C[C@@H]1O[C@@H](c2c(O)c([C@@H]3O[C@@H](C)[C@H](O)C(O)C3O)c3oc(-c4ccc(O)cc4)cc(=O)c3c2O)C(O)C(O)[C@H]1O. The monoisotopic (exact) mass is 562 g/mol. The van der Waals surface area contributed by atoms with Crippen LogP contribution in [-0.4, -0.2) is 94.8 Å². The minimum absolute atomic E-state index is 0.0506. The summed E-state index contributed by atoms with van der Waals surface area (Å²) in [5, 5.41) is 94.7. The molecule has 13 heteroatoms. The molecular weight excluding hydrogens is 532 g/mol. The van der Waals surface area contributed by atoms with Crippen LogP contribution in [0.1, 0.15) is 37.2 Å². The summed E-state index contributed by atoms with van der Waals surface area (Å²) < 4.78 is 17.3. The molecule has 0 spiro atoms. The van der Waals surface area contributed by atoms with Gasteiger partial charge in [0.05, 0.1) is 23.3 Å². The van der Waals surface area contributed by atoms with Crippen LogP contribution in [0.15, 0.2) is 39.5 Å². The average Bonchev–Trinajstić information content (AvgIpc) is 2.91. The van der Waals surface area contributed by atoms with Gasteiger partial charge in [-0.05, 0) is 38.1 Å². The van der Waals surface area contributed by atoms with Crippen molar-refractivity contribution >= 4 is 11.0 Å². The van der Waals surface area contributed by atoms with Crippen molar-refractivity contribution in [3.8, 4) is 28.6 Å². The average molecular weight is 563 g/mol. The lowest BCUT2D eigenvalue weighted by Crippen LogP contribution is -2.53. The first-order chi connectivity index (χ1) is 18.8. The largest absolute Gasteiger partial charge is 0.508 e. The highest BCUT2D eigenvalue weighted by Gasteiger charge is 2.48. The van der Waals surface area contributed by atoms with Gasteiger partial charge >= 0.3 is 0 Å². The smallest absolute Gasteiger partial charge is 0.197 e. The Hall–Kier alpha value is -3.27. The van der Waals surface area contributed by atoms with Gasteiger partial charge in [-0.2, -0.15) is 0 Å². The second kappa shape index (κ2) is 10.3. The molecule has 0 saturated carbocycles. The van der Waals surface area contributed by atoms with Crippen LogP contribution in [-0.2, 0) is 9.47 Å². The number of ether oxygens (including phenoxy) is 2.